The number of pyridine rings is 1. The van der Waals surface area contributed by atoms with E-state index in [9.17, 15) is 14.4 Å². The van der Waals surface area contributed by atoms with E-state index in [1.807, 2.05) is 0 Å². The van der Waals surface area contributed by atoms with Gasteiger partial charge in [-0.15, -0.1) is 0 Å². The van der Waals surface area contributed by atoms with Crippen LogP contribution in [0.1, 0.15) is 23.1 Å². The summed E-state index contributed by atoms with van der Waals surface area (Å²) >= 11 is 6.35. The van der Waals surface area contributed by atoms with Crippen LogP contribution in [0.4, 0.5) is 11.5 Å². The standard InChI is InChI=1S/C24H24ClN7O5/c1-5-36-23(35)17-8-13(2)32(30-17)24-27-11-16(25)21(29-24)28-15-6-7-18-14(9-15)10-19(22(34)31(18)4)37-12-20(33)26-3/h6-11H,5,12H2,1-4H3,(H,26,33)(H,27,28,29). The van der Waals surface area contributed by atoms with Crippen LogP contribution in [0.2, 0.25) is 5.02 Å². The number of rotatable bonds is 8. The van der Waals surface area contributed by atoms with Gasteiger partial charge in [-0.1, -0.05) is 11.6 Å². The molecule has 0 unspecified atom stereocenters. The third-order valence-electron chi connectivity index (χ3n) is 5.38. The number of esters is 1. The van der Waals surface area contributed by atoms with Crippen molar-refractivity contribution in [2.24, 2.45) is 7.05 Å². The Labute approximate surface area is 216 Å². The first-order valence-corrected chi connectivity index (χ1v) is 11.6. The lowest BCUT2D eigenvalue weighted by Gasteiger charge is -2.13. The van der Waals surface area contributed by atoms with Crippen molar-refractivity contribution in [1.82, 2.24) is 29.6 Å². The molecule has 0 spiro atoms. The number of hydrogen-bond acceptors (Lipinski definition) is 9. The van der Waals surface area contributed by atoms with Crippen molar-refractivity contribution in [1.29, 1.82) is 0 Å². The monoisotopic (exact) mass is 525 g/mol. The minimum absolute atomic E-state index is 0.0460. The molecule has 0 aliphatic carbocycles. The zero-order valence-corrected chi connectivity index (χ0v) is 21.3. The number of benzene rings is 1. The summed E-state index contributed by atoms with van der Waals surface area (Å²) in [4.78, 5) is 44.9. The number of anilines is 2. The fraction of sp³-hybridized carbons (Fsp3) is 0.250. The van der Waals surface area contributed by atoms with Crippen molar-refractivity contribution in [3.8, 4) is 11.7 Å². The van der Waals surface area contributed by atoms with Gasteiger partial charge in [-0.2, -0.15) is 10.1 Å². The van der Waals surface area contributed by atoms with Crippen LogP contribution in [0.25, 0.3) is 16.9 Å². The number of carbonyl (C=O) groups is 2. The van der Waals surface area contributed by atoms with E-state index in [-0.39, 0.29) is 47.1 Å². The Morgan fingerprint density at radius 2 is 1.97 bits per heavy atom. The third-order valence-corrected chi connectivity index (χ3v) is 5.66. The Kier molecular flexibility index (Phi) is 7.39. The van der Waals surface area contributed by atoms with Crippen molar-refractivity contribution in [3.05, 3.63) is 63.3 Å². The van der Waals surface area contributed by atoms with E-state index in [0.717, 1.165) is 0 Å². The molecular formula is C24H24ClN7O5. The number of halogens is 1. The summed E-state index contributed by atoms with van der Waals surface area (Å²) in [6, 6.07) is 8.48. The highest BCUT2D eigenvalue weighted by Crippen LogP contribution is 2.27. The Morgan fingerprint density at radius 3 is 2.70 bits per heavy atom. The molecule has 0 fully saturated rings. The molecule has 192 valence electrons. The number of amides is 1. The lowest BCUT2D eigenvalue weighted by atomic mass is 10.2. The second-order valence-corrected chi connectivity index (χ2v) is 8.31. The summed E-state index contributed by atoms with van der Waals surface area (Å²) in [6.07, 6.45) is 1.42. The number of aromatic nitrogens is 5. The summed E-state index contributed by atoms with van der Waals surface area (Å²) in [7, 11) is 3.11. The Morgan fingerprint density at radius 1 is 1.19 bits per heavy atom. The SMILES string of the molecule is CCOC(=O)c1cc(C)n(-c2ncc(Cl)c(Nc3ccc4c(c3)cc(OCC(=O)NC)c(=O)n4C)n2)n1. The van der Waals surface area contributed by atoms with Crippen LogP contribution >= 0.6 is 11.6 Å². The van der Waals surface area contributed by atoms with Gasteiger partial charge in [-0.3, -0.25) is 9.59 Å². The molecule has 0 atom stereocenters. The van der Waals surface area contributed by atoms with Crippen molar-refractivity contribution in [3.63, 3.8) is 0 Å². The summed E-state index contributed by atoms with van der Waals surface area (Å²) in [5, 5.41) is 10.8. The Bertz CT molecular complexity index is 1560. The van der Waals surface area contributed by atoms with Crippen molar-refractivity contribution >= 4 is 45.9 Å². The number of carbonyl (C=O) groups excluding carboxylic acids is 2. The molecule has 12 nitrogen and oxygen atoms in total. The predicted molar refractivity (Wildman–Crippen MR) is 137 cm³/mol. The molecule has 0 aliphatic heterocycles. The number of fused-ring (bicyclic) bond motifs is 1. The third kappa shape index (κ3) is 5.38. The first kappa shape index (κ1) is 25.6. The number of nitrogens with one attached hydrogen (secondary N) is 2. The summed E-state index contributed by atoms with van der Waals surface area (Å²) < 4.78 is 13.3. The number of aryl methyl sites for hydroxylation is 2. The highest BCUT2D eigenvalue weighted by atomic mass is 35.5. The second-order valence-electron chi connectivity index (χ2n) is 7.90. The summed E-state index contributed by atoms with van der Waals surface area (Å²) in [6.45, 7) is 3.43. The van der Waals surface area contributed by atoms with Crippen LogP contribution in [0.5, 0.6) is 5.75 Å². The maximum Gasteiger partial charge on any atom is 0.358 e. The fourth-order valence-corrected chi connectivity index (χ4v) is 3.65. The van der Waals surface area contributed by atoms with Gasteiger partial charge in [0.15, 0.2) is 23.9 Å². The van der Waals surface area contributed by atoms with E-state index in [0.29, 0.717) is 28.1 Å². The minimum atomic E-state index is -0.541. The molecule has 0 aliphatic rings. The number of nitrogens with zero attached hydrogens (tertiary/aromatic N) is 5. The number of likely N-dealkylation sites (N-methyl/N-ethyl adjacent to an activating group) is 1. The summed E-state index contributed by atoms with van der Waals surface area (Å²) in [5.41, 5.74) is 1.70. The van der Waals surface area contributed by atoms with Crippen LogP contribution in [-0.2, 0) is 16.6 Å². The van der Waals surface area contributed by atoms with Gasteiger partial charge >= 0.3 is 5.97 Å². The zero-order valence-electron chi connectivity index (χ0n) is 20.5. The van der Waals surface area contributed by atoms with Gasteiger partial charge < -0.3 is 24.7 Å². The van der Waals surface area contributed by atoms with Crippen molar-refractivity contribution in [2.75, 3.05) is 25.6 Å². The van der Waals surface area contributed by atoms with Crippen LogP contribution in [0, 0.1) is 6.92 Å². The van der Waals surface area contributed by atoms with Crippen molar-refractivity contribution < 1.29 is 19.1 Å². The zero-order chi connectivity index (χ0) is 26.7. The molecule has 3 heterocycles. The normalized spacial score (nSPS) is 10.8. The van der Waals surface area contributed by atoms with E-state index < -0.39 is 5.97 Å². The fourth-order valence-electron chi connectivity index (χ4n) is 3.52. The average molecular weight is 526 g/mol. The maximum atomic E-state index is 12.6. The van der Waals surface area contributed by atoms with Gasteiger partial charge in [-0.05, 0) is 44.2 Å². The first-order chi connectivity index (χ1) is 17.7. The molecule has 13 heteroatoms. The molecule has 4 rings (SSSR count). The van der Waals surface area contributed by atoms with Gasteiger partial charge in [0.25, 0.3) is 17.4 Å². The Hall–Kier alpha value is -4.45. The molecule has 4 aromatic rings. The number of hydrogen-bond donors (Lipinski definition) is 2. The van der Waals surface area contributed by atoms with E-state index >= 15 is 0 Å². The predicted octanol–water partition coefficient (Wildman–Crippen LogP) is 2.52. The molecule has 0 saturated heterocycles. The minimum Gasteiger partial charge on any atom is -0.478 e. The lowest BCUT2D eigenvalue weighted by Crippen LogP contribution is -2.27. The van der Waals surface area contributed by atoms with E-state index in [2.05, 4.69) is 25.7 Å². The van der Waals surface area contributed by atoms with E-state index in [1.165, 1.54) is 22.5 Å². The molecule has 37 heavy (non-hydrogen) atoms. The molecule has 1 amide bonds. The van der Waals surface area contributed by atoms with Gasteiger partial charge in [0.05, 0.1) is 18.3 Å². The Balaban J connectivity index is 1.66. The van der Waals surface area contributed by atoms with Gasteiger partial charge in [0.1, 0.15) is 5.02 Å². The molecule has 3 aromatic heterocycles. The van der Waals surface area contributed by atoms with Crippen molar-refractivity contribution in [2.45, 2.75) is 13.8 Å². The van der Waals surface area contributed by atoms with Gasteiger partial charge in [0.2, 0.25) is 0 Å². The van der Waals surface area contributed by atoms with Crippen LogP contribution in [0.3, 0.4) is 0 Å². The lowest BCUT2D eigenvalue weighted by molar-refractivity contribution is -0.122. The smallest absolute Gasteiger partial charge is 0.358 e. The highest BCUT2D eigenvalue weighted by molar-refractivity contribution is 6.32. The molecule has 1 aromatic carbocycles. The molecular weight excluding hydrogens is 502 g/mol. The second kappa shape index (κ2) is 10.7. The van der Waals surface area contributed by atoms with Crippen LogP contribution < -0.4 is 20.9 Å². The average Bonchev–Trinajstić information content (AvgIpc) is 3.28. The topological polar surface area (TPSA) is 142 Å². The van der Waals surface area contributed by atoms with Gasteiger partial charge in [-0.25, -0.2) is 14.5 Å². The van der Waals surface area contributed by atoms with E-state index in [1.54, 1.807) is 51.2 Å². The molecule has 2 N–H and O–H groups in total. The van der Waals surface area contributed by atoms with Crippen LogP contribution in [0.15, 0.2) is 41.3 Å². The van der Waals surface area contributed by atoms with Gasteiger partial charge in [0, 0.05) is 30.9 Å². The quantitative estimate of drug-likeness (QED) is 0.332. The molecule has 0 radical (unpaired) electrons. The van der Waals surface area contributed by atoms with Crippen LogP contribution in [-0.4, -0.2) is 56.5 Å². The molecule has 0 saturated carbocycles. The number of ether oxygens (including phenoxy) is 2. The largest absolute Gasteiger partial charge is 0.478 e. The molecule has 0 bridgehead atoms. The van der Waals surface area contributed by atoms with E-state index in [4.69, 9.17) is 21.1 Å². The first-order valence-electron chi connectivity index (χ1n) is 11.2. The highest BCUT2D eigenvalue weighted by Gasteiger charge is 2.17. The summed E-state index contributed by atoms with van der Waals surface area (Å²) in [5.74, 6) is -0.341. The maximum absolute atomic E-state index is 12.6.